The maximum absolute atomic E-state index is 12.1. The van der Waals surface area contributed by atoms with Crippen LogP contribution >= 0.6 is 11.6 Å². The molecule has 1 fully saturated rings. The van der Waals surface area contributed by atoms with Crippen molar-refractivity contribution >= 4 is 29.1 Å². The van der Waals surface area contributed by atoms with Crippen LogP contribution < -0.4 is 5.32 Å². The summed E-state index contributed by atoms with van der Waals surface area (Å²) < 4.78 is 11.0. The van der Waals surface area contributed by atoms with Crippen molar-refractivity contribution in [2.75, 3.05) is 31.6 Å². The van der Waals surface area contributed by atoms with Crippen LogP contribution in [0.15, 0.2) is 18.2 Å². The minimum atomic E-state index is -0.568. The van der Waals surface area contributed by atoms with E-state index in [1.807, 2.05) is 0 Å². The third kappa shape index (κ3) is 5.47. The summed E-state index contributed by atoms with van der Waals surface area (Å²) in [6.07, 6.45) is -0.721. The Kier molecular flexibility index (Phi) is 6.07. The third-order valence-electron chi connectivity index (χ3n) is 3.49. The number of hydrogen-bond acceptors (Lipinski definition) is 6. The summed E-state index contributed by atoms with van der Waals surface area (Å²) in [4.78, 5) is 24.3. The summed E-state index contributed by atoms with van der Waals surface area (Å²) in [5.74, 6) is 0. The van der Waals surface area contributed by atoms with Gasteiger partial charge in [-0.05, 0) is 26.8 Å². The van der Waals surface area contributed by atoms with Gasteiger partial charge in [0.1, 0.15) is 11.3 Å². The molecule has 1 amide bonds. The van der Waals surface area contributed by atoms with Gasteiger partial charge in [0.25, 0.3) is 5.69 Å². The van der Waals surface area contributed by atoms with Gasteiger partial charge >= 0.3 is 6.09 Å². The summed E-state index contributed by atoms with van der Waals surface area (Å²) in [5.41, 5.74) is -0.430. The lowest BCUT2D eigenvalue weighted by molar-refractivity contribution is -0.384. The summed E-state index contributed by atoms with van der Waals surface area (Å²) in [7, 11) is 0. The van der Waals surface area contributed by atoms with Crippen LogP contribution in [0.3, 0.4) is 0 Å². The Morgan fingerprint density at radius 1 is 1.52 bits per heavy atom. The molecule has 1 heterocycles. The number of para-hydroxylation sites is 1. The number of anilines is 1. The Labute approximate surface area is 151 Å². The van der Waals surface area contributed by atoms with E-state index in [1.54, 1.807) is 31.7 Å². The van der Waals surface area contributed by atoms with E-state index in [9.17, 15) is 14.9 Å². The molecule has 1 aromatic carbocycles. The highest BCUT2D eigenvalue weighted by atomic mass is 35.5. The Morgan fingerprint density at radius 3 is 2.88 bits per heavy atom. The molecule has 9 heteroatoms. The van der Waals surface area contributed by atoms with E-state index in [4.69, 9.17) is 21.1 Å². The van der Waals surface area contributed by atoms with Crippen LogP contribution in [-0.4, -0.2) is 53.9 Å². The highest BCUT2D eigenvalue weighted by Crippen LogP contribution is 2.31. The molecule has 0 bridgehead atoms. The largest absolute Gasteiger partial charge is 0.444 e. The molecule has 0 aromatic heterocycles. The predicted molar refractivity (Wildman–Crippen MR) is 94.1 cm³/mol. The molecule has 0 saturated carbocycles. The van der Waals surface area contributed by atoms with E-state index in [0.717, 1.165) is 0 Å². The molecular weight excluding hydrogens is 350 g/mol. The average molecular weight is 372 g/mol. The van der Waals surface area contributed by atoms with Crippen LogP contribution in [0.1, 0.15) is 20.8 Å². The average Bonchev–Trinajstić information content (AvgIpc) is 2.52. The Hall–Kier alpha value is -2.06. The number of carbonyl (C=O) groups is 1. The van der Waals surface area contributed by atoms with Crippen molar-refractivity contribution in [3.63, 3.8) is 0 Å². The van der Waals surface area contributed by atoms with Crippen LogP contribution in [0.4, 0.5) is 16.2 Å². The van der Waals surface area contributed by atoms with Gasteiger partial charge < -0.3 is 19.7 Å². The number of hydrogen-bond donors (Lipinski definition) is 1. The zero-order valence-electron chi connectivity index (χ0n) is 14.5. The molecule has 1 saturated heterocycles. The van der Waals surface area contributed by atoms with Crippen LogP contribution in [0, 0.1) is 10.1 Å². The summed E-state index contributed by atoms with van der Waals surface area (Å²) in [6.45, 7) is 6.85. The van der Waals surface area contributed by atoms with E-state index in [-0.39, 0.29) is 29.0 Å². The van der Waals surface area contributed by atoms with E-state index >= 15 is 0 Å². The van der Waals surface area contributed by atoms with Crippen molar-refractivity contribution in [3.05, 3.63) is 33.3 Å². The first kappa shape index (κ1) is 19.3. The SMILES string of the molecule is CC(C)(C)OC(=O)N1CCO[C@H](CNc2c(Cl)cccc2[N+](=O)[O-])C1. The minimum Gasteiger partial charge on any atom is -0.444 e. The molecule has 0 radical (unpaired) electrons. The van der Waals surface area contributed by atoms with Crippen molar-refractivity contribution in [1.82, 2.24) is 4.90 Å². The maximum atomic E-state index is 12.1. The van der Waals surface area contributed by atoms with E-state index in [2.05, 4.69) is 5.32 Å². The Balaban J connectivity index is 1.98. The smallest absolute Gasteiger partial charge is 0.410 e. The lowest BCUT2D eigenvalue weighted by Crippen LogP contribution is -2.49. The monoisotopic (exact) mass is 371 g/mol. The Morgan fingerprint density at radius 2 is 2.24 bits per heavy atom. The number of morpholine rings is 1. The number of nitrogens with one attached hydrogen (secondary N) is 1. The molecular formula is C16H22ClN3O5. The van der Waals surface area contributed by atoms with Gasteiger partial charge in [0.2, 0.25) is 0 Å². The van der Waals surface area contributed by atoms with Crippen LogP contribution in [0.5, 0.6) is 0 Å². The summed E-state index contributed by atoms with van der Waals surface area (Å²) in [6, 6.07) is 4.47. The number of nitrogens with zero attached hydrogens (tertiary/aromatic N) is 2. The number of nitro benzene ring substituents is 1. The first-order chi connectivity index (χ1) is 11.7. The van der Waals surface area contributed by atoms with Crippen molar-refractivity contribution in [1.29, 1.82) is 0 Å². The van der Waals surface area contributed by atoms with E-state index in [1.165, 1.54) is 12.1 Å². The number of rotatable bonds is 4. The van der Waals surface area contributed by atoms with Crippen molar-refractivity contribution in [2.45, 2.75) is 32.5 Å². The van der Waals surface area contributed by atoms with Crippen LogP contribution in [0.2, 0.25) is 5.02 Å². The van der Waals surface area contributed by atoms with Crippen molar-refractivity contribution in [3.8, 4) is 0 Å². The normalized spacial score (nSPS) is 17.9. The number of benzene rings is 1. The zero-order valence-corrected chi connectivity index (χ0v) is 15.2. The molecule has 25 heavy (non-hydrogen) atoms. The number of nitro groups is 1. The van der Waals surface area contributed by atoms with Gasteiger partial charge in [0.05, 0.1) is 29.2 Å². The van der Waals surface area contributed by atoms with Crippen LogP contribution in [0.25, 0.3) is 0 Å². The standard InChI is InChI=1S/C16H22ClN3O5/c1-16(2,3)25-15(21)19-7-8-24-11(10-19)9-18-14-12(17)5-4-6-13(14)20(22)23/h4-6,11,18H,7-10H2,1-3H3/t11-/m1/s1. The lowest BCUT2D eigenvalue weighted by Gasteiger charge is -2.34. The molecule has 0 spiro atoms. The van der Waals surface area contributed by atoms with Gasteiger partial charge in [-0.3, -0.25) is 10.1 Å². The van der Waals surface area contributed by atoms with Crippen LogP contribution in [-0.2, 0) is 9.47 Å². The van der Waals surface area contributed by atoms with Gasteiger partial charge in [-0.1, -0.05) is 17.7 Å². The predicted octanol–water partition coefficient (Wildman–Crippen LogP) is 3.30. The van der Waals surface area contributed by atoms with Crippen molar-refractivity contribution in [2.24, 2.45) is 0 Å². The maximum Gasteiger partial charge on any atom is 0.410 e. The second kappa shape index (κ2) is 7.88. The fourth-order valence-electron chi connectivity index (χ4n) is 2.39. The molecule has 0 aliphatic carbocycles. The molecule has 1 aromatic rings. The molecule has 2 rings (SSSR count). The quantitative estimate of drug-likeness (QED) is 0.644. The number of halogens is 1. The van der Waals surface area contributed by atoms with Gasteiger partial charge in [0.15, 0.2) is 0 Å². The third-order valence-corrected chi connectivity index (χ3v) is 3.80. The summed E-state index contributed by atoms with van der Waals surface area (Å²) >= 11 is 6.05. The molecule has 1 atom stereocenters. The topological polar surface area (TPSA) is 93.9 Å². The van der Waals surface area contributed by atoms with Gasteiger partial charge in [0, 0.05) is 19.2 Å². The molecule has 8 nitrogen and oxygen atoms in total. The number of ether oxygens (including phenoxy) is 2. The van der Waals surface area contributed by atoms with Gasteiger partial charge in [-0.2, -0.15) is 0 Å². The summed E-state index contributed by atoms with van der Waals surface area (Å²) in [5, 5.41) is 14.3. The lowest BCUT2D eigenvalue weighted by atomic mass is 10.2. The number of amides is 1. The number of carbonyl (C=O) groups excluding carboxylic acids is 1. The zero-order chi connectivity index (χ0) is 18.6. The fourth-order valence-corrected chi connectivity index (χ4v) is 2.63. The van der Waals surface area contributed by atoms with Crippen molar-refractivity contribution < 1.29 is 19.2 Å². The molecule has 138 valence electrons. The molecule has 1 aliphatic heterocycles. The highest BCUT2D eigenvalue weighted by molar-refractivity contribution is 6.33. The molecule has 1 N–H and O–H groups in total. The van der Waals surface area contributed by atoms with Gasteiger partial charge in [-0.15, -0.1) is 0 Å². The first-order valence-corrected chi connectivity index (χ1v) is 8.31. The second-order valence-electron chi connectivity index (χ2n) is 6.69. The van der Waals surface area contributed by atoms with E-state index < -0.39 is 16.6 Å². The fraction of sp³-hybridized carbons (Fsp3) is 0.562. The van der Waals surface area contributed by atoms with Gasteiger partial charge in [-0.25, -0.2) is 4.79 Å². The first-order valence-electron chi connectivity index (χ1n) is 7.93. The molecule has 0 unspecified atom stereocenters. The Bertz CT molecular complexity index is 647. The minimum absolute atomic E-state index is 0.104. The highest BCUT2D eigenvalue weighted by Gasteiger charge is 2.28. The second-order valence-corrected chi connectivity index (χ2v) is 7.10. The van der Waals surface area contributed by atoms with E-state index in [0.29, 0.717) is 19.7 Å². The molecule has 1 aliphatic rings.